The molecule has 5 aromatic rings. The molecular weight excluding hydrogens is 562 g/mol. The van der Waals surface area contributed by atoms with Crippen LogP contribution in [0.5, 0.6) is 0 Å². The molecule has 3 amide bonds. The van der Waals surface area contributed by atoms with Crippen LogP contribution in [-0.4, -0.2) is 62.6 Å². The fourth-order valence-corrected chi connectivity index (χ4v) is 6.66. The monoisotopic (exact) mass is 599 g/mol. The van der Waals surface area contributed by atoms with Gasteiger partial charge in [0.2, 0.25) is 5.91 Å². The summed E-state index contributed by atoms with van der Waals surface area (Å²) in [6.07, 6.45) is 4.10. The predicted molar refractivity (Wildman–Crippen MR) is 176 cm³/mol. The van der Waals surface area contributed by atoms with Gasteiger partial charge in [-0.15, -0.1) is 0 Å². The molecule has 0 radical (unpaired) electrons. The molecule has 45 heavy (non-hydrogen) atoms. The summed E-state index contributed by atoms with van der Waals surface area (Å²) in [5, 5.41) is 14.7. The van der Waals surface area contributed by atoms with Gasteiger partial charge in [-0.3, -0.25) is 19.8 Å². The van der Waals surface area contributed by atoms with Crippen LogP contribution in [-0.2, 0) is 17.8 Å². The first kappa shape index (κ1) is 28.7. The van der Waals surface area contributed by atoms with E-state index in [1.807, 2.05) is 77.8 Å². The van der Waals surface area contributed by atoms with E-state index >= 15 is 0 Å². The van der Waals surface area contributed by atoms with Crippen molar-refractivity contribution in [3.8, 4) is 11.3 Å². The van der Waals surface area contributed by atoms with Gasteiger partial charge in [0.05, 0.1) is 35.7 Å². The van der Waals surface area contributed by atoms with Crippen molar-refractivity contribution in [2.75, 3.05) is 25.0 Å². The van der Waals surface area contributed by atoms with E-state index in [4.69, 9.17) is 4.98 Å². The average molecular weight is 600 g/mol. The van der Waals surface area contributed by atoms with E-state index < -0.39 is 0 Å². The summed E-state index contributed by atoms with van der Waals surface area (Å²) in [5.41, 5.74) is 8.02. The highest BCUT2D eigenvalue weighted by Gasteiger charge is 2.32. The highest BCUT2D eigenvalue weighted by Crippen LogP contribution is 2.28. The molecule has 0 aliphatic carbocycles. The number of aromatic amines is 1. The number of nitrogens with one attached hydrogen (secondary N) is 3. The fraction of sp³-hybridized carbons (Fsp3) is 0.278. The summed E-state index contributed by atoms with van der Waals surface area (Å²) in [6, 6.07) is 28.2. The lowest BCUT2D eigenvalue weighted by Crippen LogP contribution is -2.51. The molecule has 2 aliphatic rings. The Morgan fingerprint density at radius 1 is 1.00 bits per heavy atom. The number of hydrogen-bond acceptors (Lipinski definition) is 5. The van der Waals surface area contributed by atoms with Gasteiger partial charge in [-0.05, 0) is 67.1 Å². The molecule has 4 heterocycles. The number of fused-ring (bicyclic) bond motifs is 2. The molecule has 3 aromatic carbocycles. The molecule has 1 unspecified atom stereocenters. The first-order valence-electron chi connectivity index (χ1n) is 15.6. The SMILES string of the molecule is Cc1cc(CC(NC(=O)CN2CCC(N3Cc4ccccc4NC3=O)CC2)c2cccc(-c3ccccc3)n2)cc2cn[nH]c12. The number of amides is 3. The van der Waals surface area contributed by atoms with E-state index in [2.05, 4.69) is 50.9 Å². The topological polar surface area (TPSA) is 106 Å². The number of benzene rings is 3. The highest BCUT2D eigenvalue weighted by molar-refractivity contribution is 5.92. The Labute approximate surface area is 262 Å². The molecule has 2 aromatic heterocycles. The lowest BCUT2D eigenvalue weighted by Gasteiger charge is -2.40. The fourth-order valence-electron chi connectivity index (χ4n) is 6.66. The van der Waals surface area contributed by atoms with Crippen molar-refractivity contribution in [3.63, 3.8) is 0 Å². The number of H-pyrrole nitrogens is 1. The van der Waals surface area contributed by atoms with Crippen LogP contribution in [0, 0.1) is 6.92 Å². The van der Waals surface area contributed by atoms with E-state index in [1.54, 1.807) is 0 Å². The Balaban J connectivity index is 1.04. The summed E-state index contributed by atoms with van der Waals surface area (Å²) >= 11 is 0. The van der Waals surface area contributed by atoms with Gasteiger partial charge in [0.15, 0.2) is 0 Å². The minimum Gasteiger partial charge on any atom is -0.346 e. The Hall–Kier alpha value is -5.02. The second-order valence-electron chi connectivity index (χ2n) is 12.1. The third kappa shape index (κ3) is 6.30. The quantitative estimate of drug-likeness (QED) is 0.208. The molecular formula is C36H37N7O2. The van der Waals surface area contributed by atoms with Crippen molar-refractivity contribution in [1.82, 2.24) is 30.3 Å². The number of hydrogen-bond donors (Lipinski definition) is 3. The maximum Gasteiger partial charge on any atom is 0.322 e. The lowest BCUT2D eigenvalue weighted by atomic mass is 9.98. The Kier molecular flexibility index (Phi) is 8.00. The molecule has 9 nitrogen and oxygen atoms in total. The molecule has 1 fully saturated rings. The van der Waals surface area contributed by atoms with Gasteiger partial charge in [0, 0.05) is 42.3 Å². The normalized spacial score (nSPS) is 16.3. The summed E-state index contributed by atoms with van der Waals surface area (Å²) in [4.78, 5) is 35.6. The molecule has 1 saturated heterocycles. The number of urea groups is 1. The molecule has 9 heteroatoms. The zero-order valence-corrected chi connectivity index (χ0v) is 25.4. The molecule has 7 rings (SSSR count). The van der Waals surface area contributed by atoms with Crippen molar-refractivity contribution in [2.24, 2.45) is 0 Å². The van der Waals surface area contributed by atoms with Gasteiger partial charge in [0.25, 0.3) is 0 Å². The second-order valence-corrected chi connectivity index (χ2v) is 12.1. The van der Waals surface area contributed by atoms with E-state index in [0.717, 1.165) is 76.2 Å². The van der Waals surface area contributed by atoms with Crippen LogP contribution >= 0.6 is 0 Å². The Bertz CT molecular complexity index is 1830. The van der Waals surface area contributed by atoms with E-state index in [1.165, 1.54) is 0 Å². The van der Waals surface area contributed by atoms with Crippen LogP contribution in [0.1, 0.15) is 41.3 Å². The summed E-state index contributed by atoms with van der Waals surface area (Å²) < 4.78 is 0. The predicted octanol–water partition coefficient (Wildman–Crippen LogP) is 5.85. The molecule has 228 valence electrons. The van der Waals surface area contributed by atoms with Gasteiger partial charge in [0.1, 0.15) is 0 Å². The average Bonchev–Trinajstić information content (AvgIpc) is 3.55. The van der Waals surface area contributed by atoms with Gasteiger partial charge in [-0.25, -0.2) is 4.79 Å². The highest BCUT2D eigenvalue weighted by atomic mass is 16.2. The molecule has 3 N–H and O–H groups in total. The zero-order valence-electron chi connectivity index (χ0n) is 25.4. The molecule has 0 spiro atoms. The summed E-state index contributed by atoms with van der Waals surface area (Å²) in [6.45, 7) is 4.50. The van der Waals surface area contributed by atoms with Crippen molar-refractivity contribution in [1.29, 1.82) is 0 Å². The van der Waals surface area contributed by atoms with E-state index in [-0.39, 0.29) is 24.0 Å². The number of carbonyl (C=O) groups is 2. The number of likely N-dealkylation sites (tertiary alicyclic amines) is 1. The minimum atomic E-state index is -0.306. The van der Waals surface area contributed by atoms with Crippen LogP contribution in [0.25, 0.3) is 22.2 Å². The number of para-hydroxylation sites is 1. The maximum atomic E-state index is 13.6. The summed E-state index contributed by atoms with van der Waals surface area (Å²) in [7, 11) is 0. The number of aromatic nitrogens is 3. The third-order valence-corrected chi connectivity index (χ3v) is 9.00. The van der Waals surface area contributed by atoms with Crippen molar-refractivity contribution < 1.29 is 9.59 Å². The first-order valence-corrected chi connectivity index (χ1v) is 15.6. The number of nitrogens with zero attached hydrogens (tertiary/aromatic N) is 4. The molecule has 2 aliphatic heterocycles. The van der Waals surface area contributed by atoms with Gasteiger partial charge >= 0.3 is 6.03 Å². The van der Waals surface area contributed by atoms with Crippen LogP contribution in [0.4, 0.5) is 10.5 Å². The third-order valence-electron chi connectivity index (χ3n) is 9.00. The number of pyridine rings is 1. The Morgan fingerprint density at radius 2 is 1.80 bits per heavy atom. The van der Waals surface area contributed by atoms with E-state index in [0.29, 0.717) is 19.5 Å². The van der Waals surface area contributed by atoms with Crippen molar-refractivity contribution in [3.05, 3.63) is 114 Å². The second kappa shape index (κ2) is 12.5. The number of piperidine rings is 1. The van der Waals surface area contributed by atoms with Crippen LogP contribution in [0.2, 0.25) is 0 Å². The van der Waals surface area contributed by atoms with Crippen LogP contribution in [0.3, 0.4) is 0 Å². The molecule has 0 bridgehead atoms. The standard InChI is InChI=1S/C36H37N7O2/c1-24-18-25(19-28-21-37-41-35(24)28)20-33(32-13-7-12-30(38-32)26-8-3-2-4-9-26)39-34(44)23-42-16-14-29(15-17-42)43-22-27-10-5-6-11-31(27)40-36(43)45/h2-13,18-19,21,29,33H,14-17,20,22-23H2,1H3,(H,37,41)(H,39,44)(H,40,45). The smallest absolute Gasteiger partial charge is 0.322 e. The number of carbonyl (C=O) groups excluding carboxylic acids is 2. The number of aryl methyl sites for hydroxylation is 1. The van der Waals surface area contributed by atoms with Crippen molar-refractivity contribution in [2.45, 2.75) is 44.8 Å². The van der Waals surface area contributed by atoms with Crippen molar-refractivity contribution >= 4 is 28.5 Å². The maximum absolute atomic E-state index is 13.6. The number of rotatable bonds is 8. The zero-order chi connectivity index (χ0) is 30.8. The van der Waals surface area contributed by atoms with Gasteiger partial charge < -0.3 is 15.5 Å². The lowest BCUT2D eigenvalue weighted by molar-refractivity contribution is -0.123. The largest absolute Gasteiger partial charge is 0.346 e. The number of anilines is 1. The Morgan fingerprint density at radius 3 is 2.64 bits per heavy atom. The summed E-state index contributed by atoms with van der Waals surface area (Å²) in [5.74, 6) is -0.0314. The van der Waals surface area contributed by atoms with Gasteiger partial charge in [-0.1, -0.05) is 60.7 Å². The van der Waals surface area contributed by atoms with Gasteiger partial charge in [-0.2, -0.15) is 5.10 Å². The molecule has 0 saturated carbocycles. The molecule has 1 atom stereocenters. The van der Waals surface area contributed by atoms with Crippen LogP contribution in [0.15, 0.2) is 91.1 Å². The van der Waals surface area contributed by atoms with E-state index in [9.17, 15) is 9.59 Å². The van der Waals surface area contributed by atoms with Crippen LogP contribution < -0.4 is 10.6 Å². The first-order chi connectivity index (χ1) is 22.0. The minimum absolute atomic E-state index is 0.0314.